The zero-order valence-corrected chi connectivity index (χ0v) is 17.5. The molecule has 0 saturated carbocycles. The molecule has 1 fully saturated rings. The zero-order valence-electron chi connectivity index (χ0n) is 17.5. The van der Waals surface area contributed by atoms with Crippen LogP contribution >= 0.6 is 0 Å². The van der Waals surface area contributed by atoms with E-state index in [1.165, 1.54) is 0 Å². The van der Waals surface area contributed by atoms with Gasteiger partial charge in [-0.25, -0.2) is 9.50 Å². The molecule has 5 heterocycles. The summed E-state index contributed by atoms with van der Waals surface area (Å²) in [6.45, 7) is 3.59. The fraction of sp³-hybridized carbons (Fsp3) is 0.333. The van der Waals surface area contributed by atoms with Gasteiger partial charge in [-0.15, -0.1) is 5.10 Å². The Labute approximate surface area is 178 Å². The third-order valence-corrected chi connectivity index (χ3v) is 5.68. The highest BCUT2D eigenvalue weighted by Crippen LogP contribution is 2.32. The first-order valence-corrected chi connectivity index (χ1v) is 10.1. The second-order valence-corrected chi connectivity index (χ2v) is 7.57. The Kier molecular flexibility index (Phi) is 4.70. The van der Waals surface area contributed by atoms with E-state index in [1.807, 2.05) is 30.6 Å². The Bertz CT molecular complexity index is 1270. The number of carbonyl (C=O) groups excluding carboxylic acids is 1. The molecule has 1 aliphatic rings. The Morgan fingerprint density at radius 1 is 1.32 bits per heavy atom. The van der Waals surface area contributed by atoms with E-state index in [0.717, 1.165) is 29.9 Å². The first kappa shape index (κ1) is 19.3. The van der Waals surface area contributed by atoms with Crippen LogP contribution in [0, 0.1) is 5.92 Å². The molecule has 0 spiro atoms. The van der Waals surface area contributed by atoms with Gasteiger partial charge in [0.1, 0.15) is 16.9 Å². The third-order valence-electron chi connectivity index (χ3n) is 5.68. The van der Waals surface area contributed by atoms with Crippen molar-refractivity contribution in [3.63, 3.8) is 0 Å². The molecule has 0 radical (unpaired) electrons. The topological polar surface area (TPSA) is 107 Å². The van der Waals surface area contributed by atoms with Crippen LogP contribution in [0.25, 0.3) is 22.3 Å². The van der Waals surface area contributed by atoms with E-state index in [4.69, 9.17) is 9.47 Å². The number of rotatable bonds is 6. The Balaban J connectivity index is 1.56. The van der Waals surface area contributed by atoms with Crippen molar-refractivity contribution in [1.29, 1.82) is 0 Å². The molecule has 31 heavy (non-hydrogen) atoms. The summed E-state index contributed by atoms with van der Waals surface area (Å²) >= 11 is 0. The Morgan fingerprint density at radius 3 is 2.87 bits per heavy atom. The van der Waals surface area contributed by atoms with Gasteiger partial charge in [0.15, 0.2) is 0 Å². The molecule has 1 amide bonds. The average molecular weight is 421 g/mol. The number of carbonyl (C=O) groups is 1. The van der Waals surface area contributed by atoms with Gasteiger partial charge in [-0.1, -0.05) is 0 Å². The minimum atomic E-state index is -0.200. The van der Waals surface area contributed by atoms with Crippen molar-refractivity contribution in [2.24, 2.45) is 5.92 Å². The van der Waals surface area contributed by atoms with Gasteiger partial charge in [-0.2, -0.15) is 4.98 Å². The SMILES string of the molecule is CNC(=O)c1cnc2ccc(-c3ccn4nc(N[C@H](C)C5COC5)nc(OC)c34)cn12. The summed E-state index contributed by atoms with van der Waals surface area (Å²) in [7, 11) is 3.19. The highest BCUT2D eigenvalue weighted by molar-refractivity contribution is 5.93. The number of aromatic nitrogens is 5. The monoisotopic (exact) mass is 421 g/mol. The quantitative estimate of drug-likeness (QED) is 0.489. The molecule has 4 aromatic heterocycles. The zero-order chi connectivity index (χ0) is 21.5. The molecule has 0 aromatic carbocycles. The summed E-state index contributed by atoms with van der Waals surface area (Å²) in [5.74, 6) is 1.21. The molecule has 1 atom stereocenters. The third kappa shape index (κ3) is 3.25. The second kappa shape index (κ2) is 7.55. The van der Waals surface area contributed by atoms with Gasteiger partial charge in [-0.3, -0.25) is 9.20 Å². The fourth-order valence-electron chi connectivity index (χ4n) is 3.73. The molecule has 0 unspecified atom stereocenters. The molecule has 10 heteroatoms. The molecule has 5 rings (SSSR count). The second-order valence-electron chi connectivity index (χ2n) is 7.57. The van der Waals surface area contributed by atoms with Gasteiger partial charge in [0.05, 0.1) is 26.5 Å². The van der Waals surface area contributed by atoms with Crippen LogP contribution in [0.5, 0.6) is 5.88 Å². The lowest BCUT2D eigenvalue weighted by Crippen LogP contribution is -2.40. The smallest absolute Gasteiger partial charge is 0.269 e. The molecule has 0 aliphatic carbocycles. The summed E-state index contributed by atoms with van der Waals surface area (Å²) in [5, 5.41) is 10.6. The molecular weight excluding hydrogens is 398 g/mol. The molecule has 10 nitrogen and oxygen atoms in total. The number of imidazole rings is 1. The largest absolute Gasteiger partial charge is 0.479 e. The lowest BCUT2D eigenvalue weighted by molar-refractivity contribution is -0.0380. The van der Waals surface area contributed by atoms with Crippen LogP contribution in [-0.2, 0) is 4.74 Å². The fourth-order valence-corrected chi connectivity index (χ4v) is 3.73. The van der Waals surface area contributed by atoms with Gasteiger partial charge in [0.2, 0.25) is 11.8 Å². The predicted molar refractivity (Wildman–Crippen MR) is 115 cm³/mol. The van der Waals surface area contributed by atoms with Crippen molar-refractivity contribution in [1.82, 2.24) is 29.3 Å². The van der Waals surface area contributed by atoms with E-state index < -0.39 is 0 Å². The van der Waals surface area contributed by atoms with E-state index in [-0.39, 0.29) is 11.9 Å². The van der Waals surface area contributed by atoms with Crippen molar-refractivity contribution in [3.05, 3.63) is 42.5 Å². The Hall–Kier alpha value is -3.66. The minimum absolute atomic E-state index is 0.192. The first-order valence-electron chi connectivity index (χ1n) is 10.1. The lowest BCUT2D eigenvalue weighted by Gasteiger charge is -2.31. The van der Waals surface area contributed by atoms with Crippen LogP contribution in [-0.4, -0.2) is 63.3 Å². The van der Waals surface area contributed by atoms with E-state index in [1.54, 1.807) is 29.3 Å². The maximum absolute atomic E-state index is 12.2. The van der Waals surface area contributed by atoms with Crippen LogP contribution in [0.15, 0.2) is 36.8 Å². The van der Waals surface area contributed by atoms with Gasteiger partial charge in [0.25, 0.3) is 5.91 Å². The lowest BCUT2D eigenvalue weighted by atomic mass is 10.0. The van der Waals surface area contributed by atoms with E-state index in [9.17, 15) is 4.79 Å². The Morgan fingerprint density at radius 2 is 2.16 bits per heavy atom. The number of hydrogen-bond donors (Lipinski definition) is 2. The van der Waals surface area contributed by atoms with Crippen LogP contribution in [0.1, 0.15) is 17.4 Å². The molecule has 160 valence electrons. The van der Waals surface area contributed by atoms with Crippen molar-refractivity contribution in [3.8, 4) is 17.0 Å². The first-order chi connectivity index (χ1) is 15.1. The normalized spacial score (nSPS) is 15.1. The number of nitrogens with one attached hydrogen (secondary N) is 2. The highest BCUT2D eigenvalue weighted by Gasteiger charge is 2.26. The molecule has 2 N–H and O–H groups in total. The van der Waals surface area contributed by atoms with Crippen LogP contribution < -0.4 is 15.4 Å². The molecular formula is C21H23N7O3. The molecule has 1 aliphatic heterocycles. The summed E-state index contributed by atoms with van der Waals surface area (Å²) in [5.41, 5.74) is 3.68. The van der Waals surface area contributed by atoms with E-state index in [2.05, 4.69) is 32.6 Å². The molecule has 4 aromatic rings. The van der Waals surface area contributed by atoms with Crippen molar-refractivity contribution in [2.75, 3.05) is 32.7 Å². The van der Waals surface area contributed by atoms with Crippen LogP contribution in [0.3, 0.4) is 0 Å². The number of ether oxygens (including phenoxy) is 2. The predicted octanol–water partition coefficient (Wildman–Crippen LogP) is 1.86. The average Bonchev–Trinajstić information content (AvgIpc) is 3.35. The molecule has 1 saturated heterocycles. The van der Waals surface area contributed by atoms with Crippen LogP contribution in [0.4, 0.5) is 5.95 Å². The van der Waals surface area contributed by atoms with Gasteiger partial charge in [-0.05, 0) is 25.1 Å². The van der Waals surface area contributed by atoms with Gasteiger partial charge < -0.3 is 20.1 Å². The van der Waals surface area contributed by atoms with Crippen molar-refractivity contribution < 1.29 is 14.3 Å². The maximum Gasteiger partial charge on any atom is 0.269 e. The number of methoxy groups -OCH3 is 1. The summed E-state index contributed by atoms with van der Waals surface area (Å²) < 4.78 is 14.4. The van der Waals surface area contributed by atoms with E-state index in [0.29, 0.717) is 29.1 Å². The minimum Gasteiger partial charge on any atom is -0.479 e. The van der Waals surface area contributed by atoms with Gasteiger partial charge >= 0.3 is 0 Å². The number of fused-ring (bicyclic) bond motifs is 2. The number of pyridine rings is 1. The standard InChI is InChI=1S/C21H23N7O3/c1-12(14-10-31-11-14)24-21-25-20(30-3)18-15(6-7-28(18)26-21)13-4-5-17-23-8-16(19(29)22-2)27(17)9-13/h4-9,12,14H,10-11H2,1-3H3,(H,22,29)(H,24,26)/t12-/m1/s1. The van der Waals surface area contributed by atoms with Crippen molar-refractivity contribution >= 4 is 23.0 Å². The number of nitrogens with zero attached hydrogens (tertiary/aromatic N) is 5. The number of amides is 1. The van der Waals surface area contributed by atoms with Gasteiger partial charge in [0, 0.05) is 42.5 Å². The summed E-state index contributed by atoms with van der Waals surface area (Å²) in [4.78, 5) is 21.0. The maximum atomic E-state index is 12.2. The summed E-state index contributed by atoms with van der Waals surface area (Å²) in [6.07, 6.45) is 5.31. The van der Waals surface area contributed by atoms with Crippen molar-refractivity contribution in [2.45, 2.75) is 13.0 Å². The highest BCUT2D eigenvalue weighted by atomic mass is 16.5. The van der Waals surface area contributed by atoms with Crippen LogP contribution in [0.2, 0.25) is 0 Å². The summed E-state index contributed by atoms with van der Waals surface area (Å²) in [6, 6.07) is 5.97. The molecule has 0 bridgehead atoms. The van der Waals surface area contributed by atoms with E-state index >= 15 is 0 Å². The number of anilines is 1. The number of hydrogen-bond acceptors (Lipinski definition) is 7.